The molecule has 218 valence electrons. The van der Waals surface area contributed by atoms with Gasteiger partial charge in [0.15, 0.2) is 11.6 Å². The fourth-order valence-corrected chi connectivity index (χ4v) is 5.19. The van der Waals surface area contributed by atoms with E-state index >= 15 is 0 Å². The van der Waals surface area contributed by atoms with Gasteiger partial charge in [0.25, 0.3) is 0 Å². The van der Waals surface area contributed by atoms with E-state index in [1.54, 1.807) is 19.3 Å². The minimum absolute atomic E-state index is 0.0712. The van der Waals surface area contributed by atoms with Crippen LogP contribution in [0.1, 0.15) is 43.9 Å². The lowest BCUT2D eigenvalue weighted by Crippen LogP contribution is -2.39. The first-order valence-electron chi connectivity index (χ1n) is 13.8. The number of carbonyl (C=O) groups excluding carboxylic acids is 1. The van der Waals surface area contributed by atoms with Gasteiger partial charge in [-0.25, -0.2) is 29.1 Å². The Bertz CT molecular complexity index is 1520. The Labute approximate surface area is 243 Å². The molecule has 2 N–H and O–H groups in total. The summed E-state index contributed by atoms with van der Waals surface area (Å²) in [5, 5.41) is 13.8. The molecule has 11 heteroatoms. The molecule has 0 saturated heterocycles. The number of nitrogens with one attached hydrogen (secondary N) is 1. The van der Waals surface area contributed by atoms with Crippen molar-refractivity contribution in [2.45, 2.75) is 57.4 Å². The molecule has 3 atom stereocenters. The quantitative estimate of drug-likeness (QED) is 0.277. The fraction of sp³-hybridized carbons (Fsp3) is 0.323. The van der Waals surface area contributed by atoms with Gasteiger partial charge >= 0.3 is 6.09 Å². The van der Waals surface area contributed by atoms with Crippen molar-refractivity contribution in [3.63, 3.8) is 0 Å². The van der Waals surface area contributed by atoms with Crippen molar-refractivity contribution < 1.29 is 23.8 Å². The molecule has 2 aromatic carbocycles. The molecule has 0 unspecified atom stereocenters. The molecule has 1 saturated carbocycles. The smallest absolute Gasteiger partial charge is 0.407 e. The Kier molecular flexibility index (Phi) is 8.87. The summed E-state index contributed by atoms with van der Waals surface area (Å²) in [4.78, 5) is 31.4. The van der Waals surface area contributed by atoms with Gasteiger partial charge in [0.05, 0.1) is 24.0 Å². The number of hydrogen-bond donors (Lipinski definition) is 2. The second-order valence-electron chi connectivity index (χ2n) is 10.5. The summed E-state index contributed by atoms with van der Waals surface area (Å²) in [6, 6.07) is 13.0. The van der Waals surface area contributed by atoms with Crippen molar-refractivity contribution in [1.29, 1.82) is 0 Å². The minimum atomic E-state index is -0.742. The summed E-state index contributed by atoms with van der Waals surface area (Å²) in [6.45, 7) is 4.16. The Balaban J connectivity index is 1.32. The van der Waals surface area contributed by atoms with Crippen molar-refractivity contribution in [2.24, 2.45) is 0 Å². The van der Waals surface area contributed by atoms with E-state index in [0.717, 1.165) is 11.3 Å². The molecule has 1 fully saturated rings. The lowest BCUT2D eigenvalue weighted by Gasteiger charge is -2.29. The van der Waals surface area contributed by atoms with Crippen molar-refractivity contribution in [2.75, 3.05) is 11.9 Å². The van der Waals surface area contributed by atoms with Gasteiger partial charge in [0.1, 0.15) is 30.8 Å². The molecule has 1 aliphatic rings. The summed E-state index contributed by atoms with van der Waals surface area (Å²) in [7, 11) is 1.80. The average molecular weight is 573 g/mol. The average Bonchev–Trinajstić information content (AvgIpc) is 3.36. The molecule has 0 bridgehead atoms. The Morgan fingerprint density at radius 3 is 2.60 bits per heavy atom. The molecule has 0 spiro atoms. The number of aliphatic hydroxyl groups is 1. The summed E-state index contributed by atoms with van der Waals surface area (Å²) in [5.41, 5.74) is 2.80. The standard InChI is InChI=1S/C31H33FN6O4/c1-19(2)29-24(14-33-17-35-29)23-11-21(32)9-10-27(23)42-28-15-34-18-36-30(28)38(3)25-12-22(13-26(25)39)37-31(40)41-16-20-7-5-4-6-8-20/h4-11,14-15,17-19,22,25-26,39H,12-13,16H2,1-3H3,(H,37,40)/t22-,25+,26-/m1/s1. The third-order valence-corrected chi connectivity index (χ3v) is 7.26. The Morgan fingerprint density at radius 2 is 1.81 bits per heavy atom. The molecule has 5 rings (SSSR count). The minimum Gasteiger partial charge on any atom is -0.451 e. The van der Waals surface area contributed by atoms with Gasteiger partial charge in [-0.05, 0) is 42.5 Å². The fourth-order valence-electron chi connectivity index (χ4n) is 5.19. The summed E-state index contributed by atoms with van der Waals surface area (Å²) < 4.78 is 26.1. The Hall–Kier alpha value is -4.64. The lowest BCUT2D eigenvalue weighted by atomic mass is 9.98. The zero-order valence-electron chi connectivity index (χ0n) is 23.6. The molecule has 4 aromatic rings. The summed E-state index contributed by atoms with van der Waals surface area (Å²) in [5.74, 6) is 0.784. The first kappa shape index (κ1) is 28.9. The summed E-state index contributed by atoms with van der Waals surface area (Å²) >= 11 is 0. The predicted molar refractivity (Wildman–Crippen MR) is 155 cm³/mol. The largest absolute Gasteiger partial charge is 0.451 e. The third-order valence-electron chi connectivity index (χ3n) is 7.26. The maximum absolute atomic E-state index is 14.4. The van der Waals surface area contributed by atoms with Gasteiger partial charge < -0.3 is 24.8 Å². The van der Waals surface area contributed by atoms with E-state index in [2.05, 4.69) is 25.3 Å². The number of alkyl carbamates (subject to hydrolysis) is 1. The maximum atomic E-state index is 14.4. The van der Waals surface area contributed by atoms with Gasteiger partial charge in [-0.3, -0.25) is 0 Å². The first-order valence-corrected chi connectivity index (χ1v) is 13.8. The number of rotatable bonds is 9. The number of nitrogens with zero attached hydrogens (tertiary/aromatic N) is 5. The highest BCUT2D eigenvalue weighted by Crippen LogP contribution is 2.39. The molecule has 2 heterocycles. The molecule has 1 aliphatic carbocycles. The normalized spacial score (nSPS) is 18.1. The van der Waals surface area contributed by atoms with Crippen molar-refractivity contribution >= 4 is 11.9 Å². The van der Waals surface area contributed by atoms with Crippen LogP contribution in [-0.2, 0) is 11.3 Å². The number of benzene rings is 2. The van der Waals surface area contributed by atoms with E-state index in [9.17, 15) is 14.3 Å². The molecular weight excluding hydrogens is 539 g/mol. The van der Waals surface area contributed by atoms with E-state index in [1.807, 2.05) is 49.1 Å². The second kappa shape index (κ2) is 12.9. The highest BCUT2D eigenvalue weighted by Gasteiger charge is 2.38. The number of ether oxygens (including phenoxy) is 2. The lowest BCUT2D eigenvalue weighted by molar-refractivity contribution is 0.133. The molecule has 1 amide bonds. The molecule has 10 nitrogen and oxygen atoms in total. The zero-order chi connectivity index (χ0) is 29.6. The van der Waals surface area contributed by atoms with Crippen LogP contribution >= 0.6 is 0 Å². The van der Waals surface area contributed by atoms with Gasteiger partial charge in [0, 0.05) is 30.4 Å². The number of aliphatic hydroxyl groups excluding tert-OH is 1. The topological polar surface area (TPSA) is 123 Å². The number of anilines is 1. The van der Waals surface area contributed by atoms with Crippen LogP contribution < -0.4 is 15.0 Å². The number of aromatic nitrogens is 4. The highest BCUT2D eigenvalue weighted by atomic mass is 19.1. The van der Waals surface area contributed by atoms with E-state index < -0.39 is 18.0 Å². The van der Waals surface area contributed by atoms with Crippen LogP contribution in [0.4, 0.5) is 15.0 Å². The second-order valence-corrected chi connectivity index (χ2v) is 10.5. The number of hydrogen-bond acceptors (Lipinski definition) is 9. The number of amides is 1. The molecular formula is C31H33FN6O4. The van der Waals surface area contributed by atoms with E-state index in [4.69, 9.17) is 9.47 Å². The van der Waals surface area contributed by atoms with Crippen LogP contribution in [0.25, 0.3) is 11.1 Å². The third kappa shape index (κ3) is 6.63. The van der Waals surface area contributed by atoms with Crippen LogP contribution in [0.2, 0.25) is 0 Å². The van der Waals surface area contributed by atoms with Crippen LogP contribution in [0.3, 0.4) is 0 Å². The number of halogens is 1. The van der Waals surface area contributed by atoms with Crippen molar-refractivity contribution in [3.05, 3.63) is 90.7 Å². The first-order chi connectivity index (χ1) is 20.3. The van der Waals surface area contributed by atoms with Crippen LogP contribution in [0.5, 0.6) is 11.5 Å². The molecule has 0 aliphatic heterocycles. The van der Waals surface area contributed by atoms with Gasteiger partial charge in [0.2, 0.25) is 0 Å². The SMILES string of the molecule is CC(C)c1ncncc1-c1cc(F)ccc1Oc1cncnc1N(C)[C@H]1C[C@@H](NC(=O)OCc2ccccc2)C[C@H]1O. The van der Waals surface area contributed by atoms with Crippen molar-refractivity contribution in [1.82, 2.24) is 25.3 Å². The predicted octanol–water partition coefficient (Wildman–Crippen LogP) is 5.24. The van der Waals surface area contributed by atoms with Gasteiger partial charge in [-0.15, -0.1) is 0 Å². The zero-order valence-corrected chi connectivity index (χ0v) is 23.6. The van der Waals surface area contributed by atoms with Crippen molar-refractivity contribution in [3.8, 4) is 22.6 Å². The number of carbonyl (C=O) groups is 1. The van der Waals surface area contributed by atoms with Gasteiger partial charge in [-0.2, -0.15) is 0 Å². The van der Waals surface area contributed by atoms with Crippen LogP contribution in [0, 0.1) is 5.82 Å². The van der Waals surface area contributed by atoms with Crippen LogP contribution in [0.15, 0.2) is 73.6 Å². The van der Waals surface area contributed by atoms with E-state index in [0.29, 0.717) is 41.3 Å². The monoisotopic (exact) mass is 572 g/mol. The van der Waals surface area contributed by atoms with E-state index in [-0.39, 0.29) is 24.6 Å². The van der Waals surface area contributed by atoms with Gasteiger partial charge in [-0.1, -0.05) is 44.2 Å². The number of likely N-dealkylation sites (N-methyl/N-ethyl adjacent to an activating group) is 1. The highest BCUT2D eigenvalue weighted by molar-refractivity contribution is 5.73. The Morgan fingerprint density at radius 1 is 1.05 bits per heavy atom. The molecule has 0 radical (unpaired) electrons. The molecule has 42 heavy (non-hydrogen) atoms. The molecule has 2 aromatic heterocycles. The summed E-state index contributed by atoms with van der Waals surface area (Å²) in [6.07, 6.45) is 5.56. The van der Waals surface area contributed by atoms with Crippen LogP contribution in [-0.4, -0.2) is 56.4 Å². The maximum Gasteiger partial charge on any atom is 0.407 e. The van der Waals surface area contributed by atoms with E-state index in [1.165, 1.54) is 31.0 Å².